The maximum Gasteiger partial charge on any atom is 0.234 e. The van der Waals surface area contributed by atoms with E-state index >= 15 is 0 Å². The zero-order valence-electron chi connectivity index (χ0n) is 16.3. The van der Waals surface area contributed by atoms with E-state index in [9.17, 15) is 4.79 Å². The molecule has 0 bridgehead atoms. The van der Waals surface area contributed by atoms with Gasteiger partial charge in [0.15, 0.2) is 11.0 Å². The summed E-state index contributed by atoms with van der Waals surface area (Å²) < 4.78 is 8.54. The number of ether oxygens (including phenoxy) is 1. The highest BCUT2D eigenvalue weighted by molar-refractivity contribution is 9.10. The third kappa shape index (κ3) is 6.10. The highest BCUT2D eigenvalue weighted by Crippen LogP contribution is 2.26. The highest BCUT2D eigenvalue weighted by Gasteiger charge is 2.15. The second kappa shape index (κ2) is 10.7. The van der Waals surface area contributed by atoms with E-state index in [1.54, 1.807) is 18.2 Å². The van der Waals surface area contributed by atoms with Crippen LogP contribution in [0.3, 0.4) is 0 Å². The van der Waals surface area contributed by atoms with E-state index in [0.717, 1.165) is 10.2 Å². The molecule has 0 aliphatic carbocycles. The Morgan fingerprint density at radius 2 is 2.07 bits per heavy atom. The van der Waals surface area contributed by atoms with Gasteiger partial charge in [0, 0.05) is 11.0 Å². The number of anilines is 1. The smallest absolute Gasteiger partial charge is 0.234 e. The van der Waals surface area contributed by atoms with Crippen molar-refractivity contribution in [2.24, 2.45) is 0 Å². The van der Waals surface area contributed by atoms with E-state index in [0.29, 0.717) is 28.2 Å². The van der Waals surface area contributed by atoms with Crippen LogP contribution < -0.4 is 10.1 Å². The van der Waals surface area contributed by atoms with Gasteiger partial charge in [-0.2, -0.15) is 0 Å². The molecule has 1 heterocycles. The quantitative estimate of drug-likeness (QED) is 0.306. The minimum Gasteiger partial charge on any atom is -0.486 e. The molecule has 3 rings (SSSR count). The van der Waals surface area contributed by atoms with Crippen LogP contribution in [0.15, 0.2) is 64.7 Å². The Kier molecular flexibility index (Phi) is 7.95. The molecule has 9 heteroatoms. The minimum atomic E-state index is -0.185. The molecule has 0 spiro atoms. The molecule has 1 aromatic heterocycles. The van der Waals surface area contributed by atoms with Gasteiger partial charge in [-0.15, -0.1) is 16.8 Å². The lowest BCUT2D eigenvalue weighted by Gasteiger charge is -2.10. The van der Waals surface area contributed by atoms with E-state index in [1.165, 1.54) is 17.3 Å². The Labute approximate surface area is 192 Å². The number of aryl methyl sites for hydroxylation is 1. The summed E-state index contributed by atoms with van der Waals surface area (Å²) in [7, 11) is 0. The van der Waals surface area contributed by atoms with Crippen molar-refractivity contribution in [1.82, 2.24) is 14.8 Å². The van der Waals surface area contributed by atoms with E-state index in [-0.39, 0.29) is 18.3 Å². The molecule has 30 heavy (non-hydrogen) atoms. The molecule has 0 atom stereocenters. The molecule has 156 valence electrons. The summed E-state index contributed by atoms with van der Waals surface area (Å²) in [5.41, 5.74) is 1.73. The van der Waals surface area contributed by atoms with Crippen LogP contribution in [0.5, 0.6) is 5.75 Å². The van der Waals surface area contributed by atoms with Crippen LogP contribution in [0.2, 0.25) is 5.02 Å². The molecule has 0 aliphatic heterocycles. The van der Waals surface area contributed by atoms with E-state index in [1.807, 2.05) is 41.8 Å². The van der Waals surface area contributed by atoms with Crippen molar-refractivity contribution in [2.75, 3.05) is 11.1 Å². The zero-order chi connectivity index (χ0) is 21.5. The molecule has 0 unspecified atom stereocenters. The number of hydrogen-bond acceptors (Lipinski definition) is 5. The summed E-state index contributed by atoms with van der Waals surface area (Å²) in [6, 6.07) is 13.1. The average molecular weight is 508 g/mol. The van der Waals surface area contributed by atoms with Crippen molar-refractivity contribution in [3.8, 4) is 5.75 Å². The van der Waals surface area contributed by atoms with Crippen LogP contribution in [0.1, 0.15) is 11.4 Å². The van der Waals surface area contributed by atoms with Gasteiger partial charge in [0.25, 0.3) is 0 Å². The Balaban J connectivity index is 1.61. The normalized spacial score (nSPS) is 10.6. The fourth-order valence-electron chi connectivity index (χ4n) is 2.53. The number of nitrogens with zero attached hydrogens (tertiary/aromatic N) is 3. The van der Waals surface area contributed by atoms with Crippen molar-refractivity contribution in [2.45, 2.75) is 25.2 Å². The van der Waals surface area contributed by atoms with E-state index in [4.69, 9.17) is 16.3 Å². The lowest BCUT2D eigenvalue weighted by molar-refractivity contribution is -0.113. The summed E-state index contributed by atoms with van der Waals surface area (Å²) in [4.78, 5) is 12.3. The van der Waals surface area contributed by atoms with Crippen molar-refractivity contribution >= 4 is 50.9 Å². The number of hydrogen-bond donors (Lipinski definition) is 1. The van der Waals surface area contributed by atoms with Gasteiger partial charge in [-0.1, -0.05) is 63.1 Å². The van der Waals surface area contributed by atoms with Crippen LogP contribution in [0, 0.1) is 6.92 Å². The molecule has 0 fully saturated rings. The number of carbonyl (C=O) groups is 1. The number of carbonyl (C=O) groups excluding carboxylic acids is 1. The third-order valence-electron chi connectivity index (χ3n) is 4.03. The van der Waals surface area contributed by atoms with Gasteiger partial charge in [0.2, 0.25) is 5.91 Å². The largest absolute Gasteiger partial charge is 0.486 e. The molecular weight excluding hydrogens is 488 g/mol. The average Bonchev–Trinajstić information content (AvgIpc) is 3.10. The molecule has 0 saturated carbocycles. The van der Waals surface area contributed by atoms with Gasteiger partial charge in [-0.3, -0.25) is 9.36 Å². The monoisotopic (exact) mass is 506 g/mol. The lowest BCUT2D eigenvalue weighted by atomic mass is 10.2. The van der Waals surface area contributed by atoms with Gasteiger partial charge >= 0.3 is 0 Å². The topological polar surface area (TPSA) is 69.0 Å². The van der Waals surface area contributed by atoms with Gasteiger partial charge in [0.05, 0.1) is 16.5 Å². The standard InChI is InChI=1S/C21H20BrClN4O2S/c1-3-10-27-19(12-29-16-7-4-14(2)5-8-16)25-26-21(27)30-13-20(28)24-18-9-6-15(22)11-17(18)23/h3-9,11H,1,10,12-13H2,2H3,(H,24,28). The van der Waals surface area contributed by atoms with Gasteiger partial charge in [-0.05, 0) is 37.3 Å². The van der Waals surface area contributed by atoms with Crippen molar-refractivity contribution in [3.05, 3.63) is 76.0 Å². The summed E-state index contributed by atoms with van der Waals surface area (Å²) in [6.07, 6.45) is 1.75. The molecule has 0 radical (unpaired) electrons. The van der Waals surface area contributed by atoms with Crippen molar-refractivity contribution < 1.29 is 9.53 Å². The third-order valence-corrected chi connectivity index (χ3v) is 5.80. The number of rotatable bonds is 9. The highest BCUT2D eigenvalue weighted by atomic mass is 79.9. The van der Waals surface area contributed by atoms with Crippen LogP contribution in [0.4, 0.5) is 5.69 Å². The van der Waals surface area contributed by atoms with Gasteiger partial charge in [0.1, 0.15) is 12.4 Å². The number of halogens is 2. The first-order valence-electron chi connectivity index (χ1n) is 9.06. The summed E-state index contributed by atoms with van der Waals surface area (Å²) >= 11 is 10.8. The first-order chi connectivity index (χ1) is 14.5. The fraction of sp³-hybridized carbons (Fsp3) is 0.190. The number of allylic oxidation sites excluding steroid dienone is 1. The summed E-state index contributed by atoms with van der Waals surface area (Å²) in [6.45, 7) is 6.60. The Morgan fingerprint density at radius 3 is 2.77 bits per heavy atom. The molecule has 1 amide bonds. The zero-order valence-corrected chi connectivity index (χ0v) is 19.4. The molecule has 3 aromatic rings. The predicted molar refractivity (Wildman–Crippen MR) is 124 cm³/mol. The SMILES string of the molecule is C=CCn1c(COc2ccc(C)cc2)nnc1SCC(=O)Nc1ccc(Br)cc1Cl. The fourth-order valence-corrected chi connectivity index (χ4v) is 4.02. The maximum absolute atomic E-state index is 12.3. The second-order valence-electron chi connectivity index (χ2n) is 6.36. The number of thioether (sulfide) groups is 1. The Morgan fingerprint density at radius 1 is 1.30 bits per heavy atom. The predicted octanol–water partition coefficient (Wildman–Crippen LogP) is 5.50. The molecule has 0 aliphatic rings. The first kappa shape index (κ1) is 22.4. The van der Waals surface area contributed by atoms with Crippen LogP contribution in [-0.4, -0.2) is 26.4 Å². The van der Waals surface area contributed by atoms with Crippen molar-refractivity contribution in [1.29, 1.82) is 0 Å². The number of aromatic nitrogens is 3. The first-order valence-corrected chi connectivity index (χ1v) is 11.2. The molecule has 2 aromatic carbocycles. The molecule has 0 saturated heterocycles. The number of nitrogens with one attached hydrogen (secondary N) is 1. The Hall–Kier alpha value is -2.29. The molecule has 6 nitrogen and oxygen atoms in total. The maximum atomic E-state index is 12.3. The van der Waals surface area contributed by atoms with Crippen LogP contribution in [-0.2, 0) is 17.9 Å². The lowest BCUT2D eigenvalue weighted by Crippen LogP contribution is -2.15. The number of benzene rings is 2. The summed E-state index contributed by atoms with van der Waals surface area (Å²) in [5.74, 6) is 1.40. The van der Waals surface area contributed by atoms with E-state index < -0.39 is 0 Å². The van der Waals surface area contributed by atoms with Gasteiger partial charge in [-0.25, -0.2) is 0 Å². The van der Waals surface area contributed by atoms with Gasteiger partial charge < -0.3 is 10.1 Å². The minimum absolute atomic E-state index is 0.167. The number of amides is 1. The molecular formula is C21H20BrClN4O2S. The molecule has 1 N–H and O–H groups in total. The Bertz CT molecular complexity index is 1040. The van der Waals surface area contributed by atoms with E-state index in [2.05, 4.69) is 38.0 Å². The van der Waals surface area contributed by atoms with Crippen LogP contribution >= 0.6 is 39.3 Å². The summed E-state index contributed by atoms with van der Waals surface area (Å²) in [5, 5.41) is 12.3. The second-order valence-corrected chi connectivity index (χ2v) is 8.63. The van der Waals surface area contributed by atoms with Crippen molar-refractivity contribution in [3.63, 3.8) is 0 Å². The van der Waals surface area contributed by atoms with Crippen LogP contribution in [0.25, 0.3) is 0 Å².